The molecule has 1 fully saturated rings. The average Bonchev–Trinajstić information content (AvgIpc) is 3.12. The minimum Gasteiger partial charge on any atom is -0.443 e. The molecule has 0 amide bonds. The van der Waals surface area contributed by atoms with E-state index in [9.17, 15) is 0 Å². The molecule has 4 heterocycles. The van der Waals surface area contributed by atoms with Crippen LogP contribution in [0.5, 0.6) is 0 Å². The van der Waals surface area contributed by atoms with Crippen molar-refractivity contribution in [1.82, 2.24) is 19.7 Å². The lowest BCUT2D eigenvalue weighted by Crippen LogP contribution is -2.49. The monoisotopic (exact) mass is 425 g/mol. The van der Waals surface area contributed by atoms with E-state index in [2.05, 4.69) is 45.3 Å². The van der Waals surface area contributed by atoms with E-state index in [4.69, 9.17) is 28.2 Å². The molecule has 0 bridgehead atoms. The second-order valence-electron chi connectivity index (χ2n) is 7.48. The van der Waals surface area contributed by atoms with Gasteiger partial charge in [-0.1, -0.05) is 17.7 Å². The summed E-state index contributed by atoms with van der Waals surface area (Å²) in [6.45, 7) is 7.02. The number of piperazine rings is 1. The van der Waals surface area contributed by atoms with Gasteiger partial charge in [-0.15, -0.1) is 0 Å². The maximum Gasteiger partial charge on any atom is 0.198 e. The molecular formula is C21H20ClN5OS. The van der Waals surface area contributed by atoms with E-state index >= 15 is 0 Å². The smallest absolute Gasteiger partial charge is 0.198 e. The molecule has 1 atom stereocenters. The van der Waals surface area contributed by atoms with Crippen LogP contribution < -0.4 is 10.2 Å². The van der Waals surface area contributed by atoms with E-state index in [1.165, 1.54) is 5.69 Å². The fraction of sp³-hybridized carbons (Fsp3) is 0.286. The summed E-state index contributed by atoms with van der Waals surface area (Å²) >= 11 is 11.6. The van der Waals surface area contributed by atoms with Gasteiger partial charge in [-0.3, -0.25) is 0 Å². The summed E-state index contributed by atoms with van der Waals surface area (Å²) in [5, 5.41) is 5.87. The van der Waals surface area contributed by atoms with Crippen LogP contribution in [0, 0.1) is 11.6 Å². The molecule has 1 saturated heterocycles. The van der Waals surface area contributed by atoms with Crippen molar-refractivity contribution in [1.29, 1.82) is 0 Å². The number of benzene rings is 1. The minimum atomic E-state index is 0.424. The van der Waals surface area contributed by atoms with Crippen LogP contribution in [0.1, 0.15) is 12.6 Å². The van der Waals surface area contributed by atoms with Gasteiger partial charge >= 0.3 is 0 Å². The van der Waals surface area contributed by atoms with Crippen LogP contribution in [0.25, 0.3) is 27.9 Å². The predicted octanol–water partition coefficient (Wildman–Crippen LogP) is 4.63. The summed E-state index contributed by atoms with van der Waals surface area (Å²) in [5.74, 6) is 0.630. The Labute approximate surface area is 178 Å². The number of nitrogens with zero attached hydrogens (tertiary/aromatic N) is 4. The van der Waals surface area contributed by atoms with Crippen molar-refractivity contribution in [3.05, 3.63) is 52.2 Å². The van der Waals surface area contributed by atoms with Gasteiger partial charge in [-0.05, 0) is 49.7 Å². The number of anilines is 1. The van der Waals surface area contributed by atoms with E-state index in [1.54, 1.807) is 6.20 Å². The van der Waals surface area contributed by atoms with Gasteiger partial charge in [0, 0.05) is 49.1 Å². The van der Waals surface area contributed by atoms with E-state index in [1.807, 2.05) is 23.6 Å². The molecule has 3 aromatic heterocycles. The topological polar surface area (TPSA) is 58.6 Å². The van der Waals surface area contributed by atoms with Crippen LogP contribution >= 0.6 is 23.8 Å². The number of aromatic nitrogens is 3. The zero-order chi connectivity index (χ0) is 20.1. The van der Waals surface area contributed by atoms with Gasteiger partial charge in [0.25, 0.3) is 0 Å². The first-order chi connectivity index (χ1) is 14.0. The highest BCUT2D eigenvalue weighted by molar-refractivity contribution is 7.71. The Morgan fingerprint density at radius 1 is 1.24 bits per heavy atom. The second-order valence-corrected chi connectivity index (χ2v) is 8.23. The molecule has 1 unspecified atom stereocenters. The Hall–Kier alpha value is -2.48. The highest BCUT2D eigenvalue weighted by atomic mass is 35.5. The molecule has 0 saturated carbocycles. The molecule has 1 aromatic carbocycles. The molecular weight excluding hydrogens is 406 g/mol. The highest BCUT2D eigenvalue weighted by Gasteiger charge is 2.17. The van der Waals surface area contributed by atoms with Gasteiger partial charge in [0.1, 0.15) is 10.8 Å². The van der Waals surface area contributed by atoms with Gasteiger partial charge in [0.15, 0.2) is 16.1 Å². The van der Waals surface area contributed by atoms with Gasteiger partial charge < -0.3 is 19.0 Å². The first-order valence-corrected chi connectivity index (χ1v) is 10.3. The van der Waals surface area contributed by atoms with Crippen molar-refractivity contribution < 1.29 is 4.42 Å². The lowest BCUT2D eigenvalue weighted by molar-refractivity contribution is 0.485. The van der Waals surface area contributed by atoms with Crippen molar-refractivity contribution in [2.45, 2.75) is 19.9 Å². The first-order valence-electron chi connectivity index (χ1n) is 9.56. The quantitative estimate of drug-likeness (QED) is 0.472. The van der Waals surface area contributed by atoms with Gasteiger partial charge in [0.2, 0.25) is 0 Å². The largest absolute Gasteiger partial charge is 0.443 e. The number of hydrogen-bond acceptors (Lipinski definition) is 6. The Kier molecular flexibility index (Phi) is 4.53. The number of aryl methyl sites for hydroxylation is 1. The maximum absolute atomic E-state index is 6.06. The number of rotatable bonds is 2. The number of imidazole rings is 1. The molecule has 1 N–H and O–H groups in total. The number of nitrogens with one attached hydrogen (secondary N) is 1. The number of fused-ring (bicyclic) bond motifs is 2. The summed E-state index contributed by atoms with van der Waals surface area (Å²) in [6.07, 6.45) is 3.61. The zero-order valence-electron chi connectivity index (χ0n) is 16.1. The highest BCUT2D eigenvalue weighted by Crippen LogP contribution is 2.29. The summed E-state index contributed by atoms with van der Waals surface area (Å²) < 4.78 is 8.32. The minimum absolute atomic E-state index is 0.424. The lowest BCUT2D eigenvalue weighted by atomic mass is 10.1. The molecule has 4 aromatic rings. The van der Waals surface area contributed by atoms with Crippen LogP contribution in [-0.2, 0) is 0 Å². The van der Waals surface area contributed by atoms with E-state index in [-0.39, 0.29) is 0 Å². The van der Waals surface area contributed by atoms with Crippen LogP contribution in [-0.4, -0.2) is 40.0 Å². The van der Waals surface area contributed by atoms with Crippen LogP contribution in [0.3, 0.4) is 0 Å². The molecule has 148 valence electrons. The Morgan fingerprint density at radius 2 is 2.10 bits per heavy atom. The van der Waals surface area contributed by atoms with Crippen molar-refractivity contribution in [2.24, 2.45) is 0 Å². The summed E-state index contributed by atoms with van der Waals surface area (Å²) in [4.78, 5) is 11.3. The third-order valence-electron chi connectivity index (χ3n) is 5.31. The lowest BCUT2D eigenvalue weighted by Gasteiger charge is -2.33. The molecule has 0 aliphatic carbocycles. The van der Waals surface area contributed by atoms with E-state index < -0.39 is 0 Å². The van der Waals surface area contributed by atoms with Crippen molar-refractivity contribution >= 4 is 45.9 Å². The van der Waals surface area contributed by atoms with Crippen LogP contribution in [0.4, 0.5) is 5.69 Å². The predicted molar refractivity (Wildman–Crippen MR) is 118 cm³/mol. The standard InChI is InChI=1S/C21H20ClN5OS/c1-12-9-26(6-5-23-12)15-4-3-14-7-18(28-21(29)16(14)8-15)17-10-27-11-19(22)24-13(2)20(27)25-17/h3-4,7-8,10-12,23H,5-6,9H2,1-2H3. The molecule has 8 heteroatoms. The molecule has 0 spiro atoms. The van der Waals surface area contributed by atoms with Gasteiger partial charge in [0.05, 0.1) is 5.69 Å². The van der Waals surface area contributed by atoms with Crippen molar-refractivity contribution in [2.75, 3.05) is 24.5 Å². The van der Waals surface area contributed by atoms with Crippen molar-refractivity contribution in [3.8, 4) is 11.5 Å². The molecule has 29 heavy (non-hydrogen) atoms. The molecule has 0 radical (unpaired) electrons. The molecule has 1 aliphatic rings. The molecule has 5 rings (SSSR count). The average molecular weight is 426 g/mol. The third-order valence-corrected chi connectivity index (χ3v) is 5.79. The summed E-state index contributed by atoms with van der Waals surface area (Å²) in [5.41, 5.74) is 3.38. The summed E-state index contributed by atoms with van der Waals surface area (Å²) in [6, 6.07) is 8.83. The first kappa shape index (κ1) is 18.5. The van der Waals surface area contributed by atoms with Crippen LogP contribution in [0.15, 0.2) is 41.1 Å². The zero-order valence-corrected chi connectivity index (χ0v) is 17.7. The van der Waals surface area contributed by atoms with E-state index in [0.29, 0.717) is 27.4 Å². The summed E-state index contributed by atoms with van der Waals surface area (Å²) in [7, 11) is 0. The van der Waals surface area contributed by atoms with Gasteiger partial charge in [-0.2, -0.15) is 0 Å². The number of hydrogen-bond donors (Lipinski definition) is 1. The fourth-order valence-electron chi connectivity index (χ4n) is 3.89. The maximum atomic E-state index is 6.06. The Morgan fingerprint density at radius 3 is 2.93 bits per heavy atom. The SMILES string of the molecule is Cc1nc(Cl)cn2cc(-c3cc4ccc(N5CCNC(C)C5)cc4c(=S)o3)nc12. The Bertz CT molecular complexity index is 1300. The van der Waals surface area contributed by atoms with Crippen molar-refractivity contribution in [3.63, 3.8) is 0 Å². The molecule has 1 aliphatic heterocycles. The van der Waals surface area contributed by atoms with Gasteiger partial charge in [-0.25, -0.2) is 9.97 Å². The molecule has 6 nitrogen and oxygen atoms in total. The number of halogens is 1. The second kappa shape index (κ2) is 7.09. The van der Waals surface area contributed by atoms with E-state index in [0.717, 1.165) is 41.7 Å². The third kappa shape index (κ3) is 3.39. The fourth-order valence-corrected chi connectivity index (χ4v) is 4.39. The Balaban J connectivity index is 1.57. The normalized spacial score (nSPS) is 17.3. The van der Waals surface area contributed by atoms with Crippen LogP contribution in [0.2, 0.25) is 5.15 Å².